The number of sulfonamides is 1. The number of likely N-dealkylation sites (tertiary alicyclic amines) is 1. The number of amides is 3. The van der Waals surface area contributed by atoms with Gasteiger partial charge in [-0.2, -0.15) is 4.31 Å². The molecule has 2 atom stereocenters. The van der Waals surface area contributed by atoms with Crippen LogP contribution < -0.4 is 10.6 Å². The lowest BCUT2D eigenvalue weighted by Gasteiger charge is -2.35. The molecule has 3 fully saturated rings. The highest BCUT2D eigenvalue weighted by molar-refractivity contribution is 7.89. The maximum Gasteiger partial charge on any atom is 0.257 e. The summed E-state index contributed by atoms with van der Waals surface area (Å²) in [4.78, 5) is 40.4. The predicted molar refractivity (Wildman–Crippen MR) is 151 cm³/mol. The highest BCUT2D eigenvalue weighted by Crippen LogP contribution is 2.39. The predicted octanol–water partition coefficient (Wildman–Crippen LogP) is 1.69. The molecule has 0 saturated carbocycles. The van der Waals surface area contributed by atoms with Gasteiger partial charge in [0.2, 0.25) is 21.8 Å². The smallest absolute Gasteiger partial charge is 0.257 e. The highest BCUT2D eigenvalue weighted by Gasteiger charge is 2.45. The molecule has 4 heterocycles. The molecule has 3 amide bonds. The fraction of sp³-hybridized carbons (Fsp3) is 0.483. The number of rotatable bonds is 7. The zero-order valence-corrected chi connectivity index (χ0v) is 23.9. The van der Waals surface area contributed by atoms with Crippen LogP contribution >= 0.6 is 0 Å². The van der Waals surface area contributed by atoms with Crippen LogP contribution in [0.5, 0.6) is 0 Å². The lowest BCUT2D eigenvalue weighted by atomic mass is 10.0. The van der Waals surface area contributed by atoms with Gasteiger partial charge >= 0.3 is 0 Å². The van der Waals surface area contributed by atoms with Crippen molar-refractivity contribution in [2.45, 2.75) is 63.5 Å². The van der Waals surface area contributed by atoms with Crippen molar-refractivity contribution in [2.24, 2.45) is 0 Å². The third kappa shape index (κ3) is 5.41. The zero-order valence-electron chi connectivity index (χ0n) is 23.1. The lowest BCUT2D eigenvalue weighted by Crippen LogP contribution is -2.53. The van der Waals surface area contributed by atoms with E-state index in [0.29, 0.717) is 36.3 Å². The number of benzene rings is 2. The Kier molecular flexibility index (Phi) is 7.77. The number of nitrogens with zero attached hydrogens (tertiary/aromatic N) is 3. The standard InChI is InChI=1S/C29H34FN5O6S/c30-22-15-18(17-33-12-9-20(10-13-33)34-11-2-14-42(34,40)41)5-6-19(22)16-31-23-4-1-3-21-26(23)29(39)35(28(21)38)24-7-8-25(36)32-27(24)37/h1,3-6,15,20,24,29,31,39H,2,7-14,16-17H2,(H,32,36,37). The number of carbonyl (C=O) groups is 3. The van der Waals surface area contributed by atoms with E-state index in [4.69, 9.17) is 0 Å². The number of aliphatic hydroxyl groups excluding tert-OH is 1. The third-order valence-electron chi connectivity index (χ3n) is 8.73. The van der Waals surface area contributed by atoms with Crippen LogP contribution in [0.25, 0.3) is 0 Å². The number of fused-ring (bicyclic) bond motifs is 1. The molecule has 4 aliphatic heterocycles. The fourth-order valence-electron chi connectivity index (χ4n) is 6.55. The molecular formula is C29H34FN5O6S. The minimum atomic E-state index is -3.12. The van der Waals surface area contributed by atoms with Gasteiger partial charge in [0.25, 0.3) is 5.91 Å². The Morgan fingerprint density at radius 3 is 2.52 bits per heavy atom. The van der Waals surface area contributed by atoms with Gasteiger partial charge < -0.3 is 10.4 Å². The minimum Gasteiger partial charge on any atom is -0.380 e. The molecule has 3 saturated heterocycles. The first-order chi connectivity index (χ1) is 20.1. The average Bonchev–Trinajstić information content (AvgIpc) is 3.44. The number of imide groups is 1. The van der Waals surface area contributed by atoms with Gasteiger partial charge in [-0.15, -0.1) is 0 Å². The summed E-state index contributed by atoms with van der Waals surface area (Å²) >= 11 is 0. The van der Waals surface area contributed by atoms with Crippen molar-refractivity contribution in [2.75, 3.05) is 30.7 Å². The average molecular weight is 600 g/mol. The Hall–Kier alpha value is -3.39. The van der Waals surface area contributed by atoms with Gasteiger partial charge in [-0.1, -0.05) is 18.2 Å². The van der Waals surface area contributed by atoms with E-state index in [-0.39, 0.29) is 42.6 Å². The third-order valence-corrected chi connectivity index (χ3v) is 10.7. The van der Waals surface area contributed by atoms with Gasteiger partial charge in [0.05, 0.1) is 5.75 Å². The maximum atomic E-state index is 15.1. The number of halogens is 1. The first-order valence-electron chi connectivity index (χ1n) is 14.3. The largest absolute Gasteiger partial charge is 0.380 e. The molecule has 0 aromatic heterocycles. The molecule has 0 aliphatic carbocycles. The van der Waals surface area contributed by atoms with E-state index in [1.165, 1.54) is 6.07 Å². The Morgan fingerprint density at radius 2 is 1.83 bits per heavy atom. The second-order valence-electron chi connectivity index (χ2n) is 11.4. The number of anilines is 1. The molecule has 6 rings (SSSR count). The topological polar surface area (TPSA) is 139 Å². The van der Waals surface area contributed by atoms with E-state index in [0.717, 1.165) is 36.4 Å². The molecule has 42 heavy (non-hydrogen) atoms. The van der Waals surface area contributed by atoms with Gasteiger partial charge in [0.15, 0.2) is 6.23 Å². The van der Waals surface area contributed by atoms with Crippen molar-refractivity contribution in [1.29, 1.82) is 0 Å². The van der Waals surface area contributed by atoms with Crippen molar-refractivity contribution in [3.63, 3.8) is 0 Å². The number of hydrogen-bond acceptors (Lipinski definition) is 8. The lowest BCUT2D eigenvalue weighted by molar-refractivity contribution is -0.139. The van der Waals surface area contributed by atoms with E-state index in [1.807, 2.05) is 6.07 Å². The Bertz CT molecular complexity index is 1530. The van der Waals surface area contributed by atoms with Gasteiger partial charge in [0, 0.05) is 67.6 Å². The Labute approximate surface area is 243 Å². The summed E-state index contributed by atoms with van der Waals surface area (Å²) in [7, 11) is -3.12. The molecule has 13 heteroatoms. The second kappa shape index (κ2) is 11.4. The SMILES string of the molecule is O=C1CCC(N2C(=O)c3cccc(NCc4ccc(CN5CCC(N6CCCS6(=O)=O)CC5)cc4F)c3C2O)C(=O)N1. The summed E-state index contributed by atoms with van der Waals surface area (Å²) in [5.41, 5.74) is 2.25. The van der Waals surface area contributed by atoms with Gasteiger partial charge in [-0.05, 0) is 49.4 Å². The molecule has 0 spiro atoms. The molecule has 2 unspecified atom stereocenters. The van der Waals surface area contributed by atoms with E-state index < -0.39 is 40.0 Å². The van der Waals surface area contributed by atoms with E-state index in [9.17, 15) is 27.9 Å². The zero-order chi connectivity index (χ0) is 29.6. The van der Waals surface area contributed by atoms with Crippen LogP contribution in [-0.4, -0.2) is 82.8 Å². The summed E-state index contributed by atoms with van der Waals surface area (Å²) in [6.45, 7) is 2.78. The van der Waals surface area contributed by atoms with Crippen molar-refractivity contribution in [1.82, 2.24) is 19.4 Å². The van der Waals surface area contributed by atoms with E-state index in [1.54, 1.807) is 28.6 Å². The summed E-state index contributed by atoms with van der Waals surface area (Å²) in [6, 6.07) is 9.08. The molecule has 0 radical (unpaired) electrons. The number of nitrogens with one attached hydrogen (secondary N) is 2. The first kappa shape index (κ1) is 28.7. The van der Waals surface area contributed by atoms with Crippen LogP contribution in [0, 0.1) is 5.82 Å². The highest BCUT2D eigenvalue weighted by atomic mass is 32.2. The molecule has 0 bridgehead atoms. The fourth-order valence-corrected chi connectivity index (χ4v) is 8.35. The molecule has 4 aliphatic rings. The Morgan fingerprint density at radius 1 is 1.05 bits per heavy atom. The van der Waals surface area contributed by atoms with Gasteiger partial charge in [0.1, 0.15) is 11.9 Å². The Balaban J connectivity index is 1.08. The van der Waals surface area contributed by atoms with Crippen LogP contribution in [-0.2, 0) is 32.7 Å². The molecule has 2 aromatic carbocycles. The first-order valence-corrected chi connectivity index (χ1v) is 15.9. The van der Waals surface area contributed by atoms with Gasteiger partial charge in [-0.25, -0.2) is 12.8 Å². The molecule has 11 nitrogen and oxygen atoms in total. The van der Waals surface area contributed by atoms with Crippen molar-refractivity contribution >= 4 is 33.4 Å². The molecule has 3 N–H and O–H groups in total. The summed E-state index contributed by atoms with van der Waals surface area (Å²) in [6.07, 6.45) is 1.03. The normalized spacial score (nSPS) is 25.1. The maximum absolute atomic E-state index is 15.1. The van der Waals surface area contributed by atoms with Crippen molar-refractivity contribution in [3.05, 3.63) is 64.5 Å². The van der Waals surface area contributed by atoms with E-state index in [2.05, 4.69) is 15.5 Å². The van der Waals surface area contributed by atoms with E-state index >= 15 is 4.39 Å². The van der Waals surface area contributed by atoms with Crippen LogP contribution in [0.4, 0.5) is 10.1 Å². The number of aliphatic hydroxyl groups is 1. The molecule has 2 aromatic rings. The molecular weight excluding hydrogens is 565 g/mol. The second-order valence-corrected chi connectivity index (χ2v) is 13.4. The number of hydrogen-bond donors (Lipinski definition) is 3. The van der Waals surface area contributed by atoms with Crippen molar-refractivity contribution in [3.8, 4) is 0 Å². The minimum absolute atomic E-state index is 0.0447. The monoisotopic (exact) mass is 599 g/mol. The quantitative estimate of drug-likeness (QED) is 0.409. The van der Waals surface area contributed by atoms with Crippen LogP contribution in [0.2, 0.25) is 0 Å². The van der Waals surface area contributed by atoms with Crippen LogP contribution in [0.3, 0.4) is 0 Å². The summed E-state index contributed by atoms with van der Waals surface area (Å²) in [5, 5.41) is 16.4. The number of piperidine rings is 2. The van der Waals surface area contributed by atoms with Crippen LogP contribution in [0.15, 0.2) is 36.4 Å². The van der Waals surface area contributed by atoms with Crippen molar-refractivity contribution < 1.29 is 32.3 Å². The summed E-state index contributed by atoms with van der Waals surface area (Å²) in [5.74, 6) is -1.68. The molecule has 224 valence electrons. The summed E-state index contributed by atoms with van der Waals surface area (Å²) < 4.78 is 41.3. The number of carbonyl (C=O) groups excluding carboxylic acids is 3. The van der Waals surface area contributed by atoms with Crippen LogP contribution in [0.1, 0.15) is 65.4 Å². The van der Waals surface area contributed by atoms with Gasteiger partial charge in [-0.3, -0.25) is 29.5 Å².